The molecule has 1 aliphatic heterocycles. The van der Waals surface area contributed by atoms with Gasteiger partial charge in [-0.25, -0.2) is 14.2 Å². The first-order valence-electron chi connectivity index (χ1n) is 9.16. The Morgan fingerprint density at radius 3 is 2.45 bits per heavy atom. The van der Waals surface area contributed by atoms with E-state index >= 15 is 0 Å². The first-order chi connectivity index (χ1) is 14.8. The number of nitrogens with zero attached hydrogens (tertiary/aromatic N) is 2. The molecule has 0 saturated carbocycles. The van der Waals surface area contributed by atoms with Gasteiger partial charge in [-0.05, 0) is 48.9 Å². The van der Waals surface area contributed by atoms with E-state index in [1.165, 1.54) is 47.7 Å². The van der Waals surface area contributed by atoms with E-state index in [2.05, 4.69) is 15.0 Å². The number of imide groups is 1. The third kappa shape index (κ3) is 4.11. The minimum atomic E-state index is -2.96. The summed E-state index contributed by atoms with van der Waals surface area (Å²) in [6.07, 6.45) is 0. The number of hydrogen-bond donors (Lipinski definition) is 1. The molecule has 160 valence electrons. The van der Waals surface area contributed by atoms with Gasteiger partial charge in [0, 0.05) is 10.9 Å². The average molecular weight is 447 g/mol. The number of alkyl halides is 2. The molecule has 1 aromatic heterocycles. The van der Waals surface area contributed by atoms with Crippen LogP contribution in [0.25, 0.3) is 10.6 Å². The third-order valence-electron chi connectivity index (χ3n) is 4.89. The summed E-state index contributed by atoms with van der Waals surface area (Å²) in [4.78, 5) is 31.0. The van der Waals surface area contributed by atoms with Crippen LogP contribution >= 0.6 is 11.3 Å². The summed E-state index contributed by atoms with van der Waals surface area (Å²) in [5, 5.41) is 5.02. The van der Waals surface area contributed by atoms with Gasteiger partial charge in [-0.1, -0.05) is 12.1 Å². The Hall–Kier alpha value is -3.40. The fourth-order valence-electron chi connectivity index (χ4n) is 3.27. The van der Waals surface area contributed by atoms with Crippen LogP contribution in [0.2, 0.25) is 0 Å². The van der Waals surface area contributed by atoms with Gasteiger partial charge >= 0.3 is 12.6 Å². The fourth-order valence-corrected chi connectivity index (χ4v) is 4.09. The van der Waals surface area contributed by atoms with Crippen LogP contribution in [0.3, 0.4) is 0 Å². The maximum absolute atomic E-state index is 13.1. The van der Waals surface area contributed by atoms with E-state index in [0.29, 0.717) is 16.3 Å². The zero-order valence-electron chi connectivity index (χ0n) is 16.1. The smallest absolute Gasteiger partial charge is 0.387 e. The molecule has 0 aliphatic carbocycles. The second-order valence-electron chi connectivity index (χ2n) is 7.00. The molecule has 1 fully saturated rings. The lowest BCUT2D eigenvalue weighted by Gasteiger charge is -2.22. The van der Waals surface area contributed by atoms with Crippen LogP contribution in [0.15, 0.2) is 53.9 Å². The highest BCUT2D eigenvalue weighted by Crippen LogP contribution is 2.32. The number of amides is 3. The van der Waals surface area contributed by atoms with Crippen LogP contribution in [-0.2, 0) is 16.9 Å². The molecule has 1 N–H and O–H groups in total. The molecule has 0 spiro atoms. The monoisotopic (exact) mass is 447 g/mol. The molecule has 6 nitrogen and oxygen atoms in total. The molecule has 1 saturated heterocycles. The Labute approximate surface area is 179 Å². The summed E-state index contributed by atoms with van der Waals surface area (Å²) in [7, 11) is 0. The Morgan fingerprint density at radius 1 is 1.13 bits per heavy atom. The average Bonchev–Trinajstić information content (AvgIpc) is 3.28. The number of rotatable bonds is 6. The summed E-state index contributed by atoms with van der Waals surface area (Å²) in [6.45, 7) is -1.45. The first kappa shape index (κ1) is 20.9. The summed E-state index contributed by atoms with van der Waals surface area (Å²) in [5.74, 6) is -0.893. The standard InChI is InChI=1S/C21H16F3N3O3S/c1-21(13-4-8-16(9-5-13)30-19(23)24)18(28)27(20(29)26-21)10-15-11-31-17(25-15)12-2-6-14(22)7-3-12/h2-9,11,19H,10H2,1H3,(H,26,29). The zero-order valence-corrected chi connectivity index (χ0v) is 17.0. The minimum absolute atomic E-state index is 0.0372. The highest BCUT2D eigenvalue weighted by Gasteiger charge is 2.49. The Morgan fingerprint density at radius 2 is 1.81 bits per heavy atom. The molecule has 2 aromatic carbocycles. The number of thiazole rings is 1. The fraction of sp³-hybridized carbons (Fsp3) is 0.190. The summed E-state index contributed by atoms with van der Waals surface area (Å²) in [5.41, 5.74) is 0.319. The lowest BCUT2D eigenvalue weighted by atomic mass is 9.92. The molecule has 31 heavy (non-hydrogen) atoms. The van der Waals surface area contributed by atoms with Crippen molar-refractivity contribution in [3.05, 3.63) is 71.0 Å². The van der Waals surface area contributed by atoms with E-state index in [9.17, 15) is 22.8 Å². The van der Waals surface area contributed by atoms with Crippen LogP contribution in [0.4, 0.5) is 18.0 Å². The zero-order chi connectivity index (χ0) is 22.2. The highest BCUT2D eigenvalue weighted by molar-refractivity contribution is 7.13. The molecule has 0 radical (unpaired) electrons. The number of nitrogens with one attached hydrogen (secondary N) is 1. The van der Waals surface area contributed by atoms with Gasteiger partial charge in [-0.15, -0.1) is 11.3 Å². The maximum Gasteiger partial charge on any atom is 0.387 e. The second-order valence-corrected chi connectivity index (χ2v) is 7.86. The van der Waals surface area contributed by atoms with Crippen LogP contribution in [0, 0.1) is 5.82 Å². The van der Waals surface area contributed by atoms with Gasteiger partial charge in [0.05, 0.1) is 12.2 Å². The number of ether oxygens (including phenoxy) is 1. The maximum atomic E-state index is 13.1. The SMILES string of the molecule is CC1(c2ccc(OC(F)F)cc2)NC(=O)N(Cc2csc(-c3ccc(F)cc3)n2)C1=O. The van der Waals surface area contributed by atoms with Crippen molar-refractivity contribution in [2.75, 3.05) is 0 Å². The van der Waals surface area contributed by atoms with Gasteiger partial charge in [0.2, 0.25) is 0 Å². The van der Waals surface area contributed by atoms with Crippen molar-refractivity contribution in [3.63, 3.8) is 0 Å². The number of halogens is 3. The molecule has 3 aromatic rings. The van der Waals surface area contributed by atoms with E-state index in [0.717, 1.165) is 10.5 Å². The largest absolute Gasteiger partial charge is 0.435 e. The molecule has 1 atom stereocenters. The van der Waals surface area contributed by atoms with Crippen LogP contribution in [-0.4, -0.2) is 28.4 Å². The van der Waals surface area contributed by atoms with Crippen molar-refractivity contribution in [1.82, 2.24) is 15.2 Å². The Balaban J connectivity index is 1.51. The van der Waals surface area contributed by atoms with E-state index in [4.69, 9.17) is 0 Å². The number of aromatic nitrogens is 1. The van der Waals surface area contributed by atoms with Crippen LogP contribution in [0.5, 0.6) is 5.75 Å². The second kappa shape index (κ2) is 8.03. The molecule has 10 heteroatoms. The molecule has 2 heterocycles. The minimum Gasteiger partial charge on any atom is -0.435 e. The van der Waals surface area contributed by atoms with E-state index < -0.39 is 24.1 Å². The van der Waals surface area contributed by atoms with E-state index in [-0.39, 0.29) is 18.1 Å². The first-order valence-corrected chi connectivity index (χ1v) is 10.0. The van der Waals surface area contributed by atoms with Crippen molar-refractivity contribution >= 4 is 23.3 Å². The predicted molar refractivity (Wildman–Crippen MR) is 107 cm³/mol. The van der Waals surface area contributed by atoms with Crippen molar-refractivity contribution in [2.45, 2.75) is 25.6 Å². The van der Waals surface area contributed by atoms with Crippen molar-refractivity contribution in [2.24, 2.45) is 0 Å². The number of carbonyl (C=O) groups is 2. The van der Waals surface area contributed by atoms with Gasteiger partial charge in [-0.3, -0.25) is 9.69 Å². The number of benzene rings is 2. The molecule has 3 amide bonds. The molecule has 1 unspecified atom stereocenters. The quantitative estimate of drug-likeness (QED) is 0.564. The van der Waals surface area contributed by atoms with Crippen molar-refractivity contribution < 1.29 is 27.5 Å². The predicted octanol–water partition coefficient (Wildman–Crippen LogP) is 4.52. The van der Waals surface area contributed by atoms with Crippen molar-refractivity contribution in [1.29, 1.82) is 0 Å². The van der Waals surface area contributed by atoms with Crippen molar-refractivity contribution in [3.8, 4) is 16.3 Å². The van der Waals surface area contributed by atoms with Gasteiger partial charge < -0.3 is 10.1 Å². The van der Waals surface area contributed by atoms with Gasteiger partial charge in [-0.2, -0.15) is 8.78 Å². The van der Waals surface area contributed by atoms with Gasteiger partial charge in [0.1, 0.15) is 22.1 Å². The number of hydrogen-bond acceptors (Lipinski definition) is 5. The molecule has 4 rings (SSSR count). The molecule has 1 aliphatic rings. The van der Waals surface area contributed by atoms with E-state index in [1.807, 2.05) is 0 Å². The third-order valence-corrected chi connectivity index (χ3v) is 5.84. The molecule has 0 bridgehead atoms. The lowest BCUT2D eigenvalue weighted by molar-refractivity contribution is -0.131. The molecular weight excluding hydrogens is 431 g/mol. The van der Waals surface area contributed by atoms with Gasteiger partial charge in [0.25, 0.3) is 5.91 Å². The Bertz CT molecular complexity index is 1120. The van der Waals surface area contributed by atoms with Crippen LogP contribution < -0.4 is 10.1 Å². The molecular formula is C21H16F3N3O3S. The topological polar surface area (TPSA) is 71.5 Å². The Kier molecular flexibility index (Phi) is 5.40. The highest BCUT2D eigenvalue weighted by atomic mass is 32.1. The lowest BCUT2D eigenvalue weighted by Crippen LogP contribution is -2.40. The van der Waals surface area contributed by atoms with Gasteiger partial charge in [0.15, 0.2) is 0 Å². The van der Waals surface area contributed by atoms with E-state index in [1.54, 1.807) is 24.4 Å². The van der Waals surface area contributed by atoms with Crippen LogP contribution in [0.1, 0.15) is 18.2 Å². The normalized spacial score (nSPS) is 18.5. The summed E-state index contributed by atoms with van der Waals surface area (Å²) in [6, 6.07) is 10.8. The summed E-state index contributed by atoms with van der Waals surface area (Å²) < 4.78 is 42.1. The number of carbonyl (C=O) groups excluding carboxylic acids is 2. The summed E-state index contributed by atoms with van der Waals surface area (Å²) >= 11 is 1.32. The number of urea groups is 1.